The number of nitrogens with zero attached hydrogens (tertiary/aromatic N) is 5. The highest BCUT2D eigenvalue weighted by Crippen LogP contribution is 2.33. The molecule has 0 unspecified atom stereocenters. The zero-order chi connectivity index (χ0) is 20.8. The predicted octanol–water partition coefficient (Wildman–Crippen LogP) is 3.37. The Bertz CT molecular complexity index is 1070. The number of nitrogens with one attached hydrogen (secondary N) is 1. The topological polar surface area (TPSA) is 84.8 Å². The van der Waals surface area contributed by atoms with Gasteiger partial charge in [0, 0.05) is 55.6 Å². The maximum absolute atomic E-state index is 5.42. The molecule has 0 atom stereocenters. The van der Waals surface area contributed by atoms with E-state index in [1.807, 2.05) is 36.6 Å². The number of ether oxygens (including phenoxy) is 2. The fraction of sp³-hybridized carbons (Fsp3) is 0.273. The lowest BCUT2D eigenvalue weighted by Crippen LogP contribution is -2.22. The van der Waals surface area contributed by atoms with Crippen LogP contribution < -0.4 is 14.8 Å². The van der Waals surface area contributed by atoms with Gasteiger partial charge in [-0.2, -0.15) is 0 Å². The number of methoxy groups -OCH3 is 2. The molecule has 3 aromatic rings. The van der Waals surface area contributed by atoms with Crippen molar-refractivity contribution >= 4 is 23.1 Å². The molecule has 154 valence electrons. The third-order valence-corrected chi connectivity index (χ3v) is 4.79. The third kappa shape index (κ3) is 4.32. The standard InChI is InChI=1S/C22H24N6O2/c1-29-19-13-17-18(14-20(19)30-2)27-22(21(26-17)16-5-9-23-10-6-16)25-8-4-12-28-11-3-7-24-15-28/h3,5-7,9-11,13-14H,4,8,12,15H2,1-2H3,(H,25,27). The summed E-state index contributed by atoms with van der Waals surface area (Å²) in [6, 6.07) is 7.55. The molecule has 0 bridgehead atoms. The number of aromatic nitrogens is 3. The van der Waals surface area contributed by atoms with E-state index in [1.165, 1.54) is 0 Å². The lowest BCUT2D eigenvalue weighted by molar-refractivity contribution is 0.355. The van der Waals surface area contributed by atoms with Gasteiger partial charge in [0.25, 0.3) is 0 Å². The van der Waals surface area contributed by atoms with E-state index < -0.39 is 0 Å². The fourth-order valence-corrected chi connectivity index (χ4v) is 3.27. The minimum Gasteiger partial charge on any atom is -0.493 e. The van der Waals surface area contributed by atoms with Crippen LogP contribution in [0.2, 0.25) is 0 Å². The number of allylic oxidation sites excluding steroid dienone is 1. The summed E-state index contributed by atoms with van der Waals surface area (Å²) in [5, 5.41) is 3.45. The van der Waals surface area contributed by atoms with Crippen LogP contribution in [-0.2, 0) is 0 Å². The van der Waals surface area contributed by atoms with Crippen molar-refractivity contribution in [2.45, 2.75) is 6.42 Å². The van der Waals surface area contributed by atoms with Crippen LogP contribution in [0.4, 0.5) is 5.82 Å². The molecular weight excluding hydrogens is 380 g/mol. The number of aliphatic imine (C=N–C) groups is 1. The van der Waals surface area contributed by atoms with Gasteiger partial charge >= 0.3 is 0 Å². The second kappa shape index (κ2) is 9.21. The molecule has 1 aromatic carbocycles. The summed E-state index contributed by atoms with van der Waals surface area (Å²) in [7, 11) is 3.22. The minimum atomic E-state index is 0.623. The number of benzene rings is 1. The Labute approximate surface area is 175 Å². The van der Waals surface area contributed by atoms with Gasteiger partial charge in [-0.05, 0) is 24.6 Å². The van der Waals surface area contributed by atoms with Crippen LogP contribution in [0.15, 0.2) is 53.9 Å². The monoisotopic (exact) mass is 404 g/mol. The minimum absolute atomic E-state index is 0.623. The molecule has 0 fully saturated rings. The van der Waals surface area contributed by atoms with Crippen molar-refractivity contribution in [1.29, 1.82) is 0 Å². The van der Waals surface area contributed by atoms with Crippen LogP contribution >= 0.6 is 0 Å². The summed E-state index contributed by atoms with van der Waals surface area (Å²) >= 11 is 0. The van der Waals surface area contributed by atoms with Crippen molar-refractivity contribution in [3.63, 3.8) is 0 Å². The van der Waals surface area contributed by atoms with E-state index >= 15 is 0 Å². The number of hydrogen-bond donors (Lipinski definition) is 1. The van der Waals surface area contributed by atoms with Crippen LogP contribution in [0.5, 0.6) is 11.5 Å². The van der Waals surface area contributed by atoms with E-state index in [4.69, 9.17) is 19.4 Å². The molecule has 0 amide bonds. The Balaban J connectivity index is 1.61. The summed E-state index contributed by atoms with van der Waals surface area (Å²) in [4.78, 5) is 20.3. The summed E-state index contributed by atoms with van der Waals surface area (Å²) < 4.78 is 10.8. The normalized spacial score (nSPS) is 12.9. The zero-order valence-electron chi connectivity index (χ0n) is 17.1. The van der Waals surface area contributed by atoms with Gasteiger partial charge in [-0.3, -0.25) is 9.98 Å². The van der Waals surface area contributed by atoms with Gasteiger partial charge in [-0.1, -0.05) is 0 Å². The van der Waals surface area contributed by atoms with E-state index in [-0.39, 0.29) is 0 Å². The first kappa shape index (κ1) is 19.6. The van der Waals surface area contributed by atoms with Gasteiger partial charge in [-0.15, -0.1) is 0 Å². The summed E-state index contributed by atoms with van der Waals surface area (Å²) in [5.41, 5.74) is 3.20. The largest absolute Gasteiger partial charge is 0.493 e. The number of rotatable bonds is 8. The summed E-state index contributed by atoms with van der Waals surface area (Å²) in [5.74, 6) is 1.98. The Kier molecular flexibility index (Phi) is 6.03. The average Bonchev–Trinajstić information content (AvgIpc) is 2.81. The van der Waals surface area contributed by atoms with Crippen LogP contribution in [-0.4, -0.2) is 60.0 Å². The number of fused-ring (bicyclic) bond motifs is 1. The maximum atomic E-state index is 5.42. The second-order valence-corrected chi connectivity index (χ2v) is 6.76. The van der Waals surface area contributed by atoms with Crippen molar-refractivity contribution in [2.24, 2.45) is 4.99 Å². The molecule has 3 heterocycles. The Morgan fingerprint density at radius 1 is 1.03 bits per heavy atom. The molecule has 0 spiro atoms. The Morgan fingerprint density at radius 2 is 1.77 bits per heavy atom. The first-order valence-electron chi connectivity index (χ1n) is 9.77. The number of anilines is 1. The molecular formula is C22H24N6O2. The zero-order valence-corrected chi connectivity index (χ0v) is 17.1. The Morgan fingerprint density at radius 3 is 2.43 bits per heavy atom. The van der Waals surface area contributed by atoms with Gasteiger partial charge in [0.2, 0.25) is 0 Å². The third-order valence-electron chi connectivity index (χ3n) is 4.79. The molecule has 0 aliphatic carbocycles. The van der Waals surface area contributed by atoms with Crippen LogP contribution in [0.1, 0.15) is 6.42 Å². The van der Waals surface area contributed by atoms with Crippen LogP contribution in [0.25, 0.3) is 22.3 Å². The fourth-order valence-electron chi connectivity index (χ4n) is 3.27. The van der Waals surface area contributed by atoms with E-state index in [9.17, 15) is 0 Å². The molecule has 8 nitrogen and oxygen atoms in total. The molecule has 1 N–H and O–H groups in total. The van der Waals surface area contributed by atoms with Crippen LogP contribution in [0, 0.1) is 0 Å². The van der Waals surface area contributed by atoms with Gasteiger partial charge < -0.3 is 19.7 Å². The lowest BCUT2D eigenvalue weighted by atomic mass is 10.1. The van der Waals surface area contributed by atoms with Crippen molar-refractivity contribution in [3.8, 4) is 22.8 Å². The highest BCUT2D eigenvalue weighted by Gasteiger charge is 2.14. The van der Waals surface area contributed by atoms with Crippen molar-refractivity contribution in [3.05, 3.63) is 48.9 Å². The van der Waals surface area contributed by atoms with Crippen molar-refractivity contribution < 1.29 is 9.47 Å². The SMILES string of the molecule is COc1cc2nc(NCCCN3C=CC=NC3)c(-c3ccncc3)nc2cc1OC. The van der Waals surface area contributed by atoms with E-state index in [0.29, 0.717) is 18.2 Å². The molecule has 1 aliphatic heterocycles. The smallest absolute Gasteiger partial charge is 0.163 e. The first-order valence-corrected chi connectivity index (χ1v) is 9.77. The highest BCUT2D eigenvalue weighted by molar-refractivity contribution is 5.85. The van der Waals surface area contributed by atoms with Crippen molar-refractivity contribution in [2.75, 3.05) is 39.3 Å². The van der Waals surface area contributed by atoms with Gasteiger partial charge in [0.05, 0.1) is 25.3 Å². The molecule has 1 aliphatic rings. The Hall–Kier alpha value is -3.68. The molecule has 2 aromatic heterocycles. The first-order chi connectivity index (χ1) is 14.8. The van der Waals surface area contributed by atoms with Crippen molar-refractivity contribution in [1.82, 2.24) is 19.9 Å². The molecule has 4 rings (SSSR count). The molecule has 0 radical (unpaired) electrons. The number of hydrogen-bond acceptors (Lipinski definition) is 8. The highest BCUT2D eigenvalue weighted by atomic mass is 16.5. The molecule has 30 heavy (non-hydrogen) atoms. The van der Waals surface area contributed by atoms with Crippen LogP contribution in [0.3, 0.4) is 0 Å². The summed E-state index contributed by atoms with van der Waals surface area (Å²) in [6.07, 6.45) is 10.3. The lowest BCUT2D eigenvalue weighted by Gasteiger charge is -2.20. The van der Waals surface area contributed by atoms with E-state index in [1.54, 1.807) is 26.6 Å². The number of pyridine rings is 1. The predicted molar refractivity (Wildman–Crippen MR) is 118 cm³/mol. The molecule has 0 saturated carbocycles. The molecule has 0 saturated heterocycles. The van der Waals surface area contributed by atoms with E-state index in [2.05, 4.69) is 26.4 Å². The molecule has 8 heteroatoms. The van der Waals surface area contributed by atoms with E-state index in [0.717, 1.165) is 47.6 Å². The van der Waals surface area contributed by atoms with Gasteiger partial charge in [0.1, 0.15) is 12.4 Å². The second-order valence-electron chi connectivity index (χ2n) is 6.76. The summed E-state index contributed by atoms with van der Waals surface area (Å²) in [6.45, 7) is 2.38. The average molecular weight is 404 g/mol. The maximum Gasteiger partial charge on any atom is 0.163 e. The quantitative estimate of drug-likeness (QED) is 0.576. The van der Waals surface area contributed by atoms with Gasteiger partial charge in [-0.25, -0.2) is 9.97 Å². The van der Waals surface area contributed by atoms with Gasteiger partial charge in [0.15, 0.2) is 17.3 Å².